The van der Waals surface area contributed by atoms with Crippen LogP contribution in [0.1, 0.15) is 45.2 Å². The smallest absolute Gasteiger partial charge is 0.407 e. The van der Waals surface area contributed by atoms with Crippen molar-refractivity contribution >= 4 is 6.09 Å². The molecule has 1 saturated heterocycles. The summed E-state index contributed by atoms with van der Waals surface area (Å²) in [5.41, 5.74) is 0.556. The Morgan fingerprint density at radius 3 is 2.64 bits per heavy atom. The summed E-state index contributed by atoms with van der Waals surface area (Å²) in [7, 11) is 0. The molecule has 2 atom stereocenters. The Morgan fingerprint density at radius 2 is 1.96 bits per heavy atom. The second-order valence-corrected chi connectivity index (χ2v) is 7.82. The van der Waals surface area contributed by atoms with Crippen molar-refractivity contribution in [2.24, 2.45) is 0 Å². The average molecular weight is 348 g/mol. The van der Waals surface area contributed by atoms with Crippen molar-refractivity contribution in [3.05, 3.63) is 29.8 Å². The number of aliphatic hydroxyl groups is 1. The molecule has 1 aromatic carbocycles. The first-order valence-corrected chi connectivity index (χ1v) is 8.97. The van der Waals surface area contributed by atoms with Crippen molar-refractivity contribution in [1.29, 1.82) is 0 Å². The highest BCUT2D eigenvalue weighted by Crippen LogP contribution is 2.37. The summed E-state index contributed by atoms with van der Waals surface area (Å²) in [6.07, 6.45) is 0.782. The molecule has 1 aromatic rings. The van der Waals surface area contributed by atoms with Gasteiger partial charge in [-0.15, -0.1) is 0 Å². The van der Waals surface area contributed by atoms with Crippen LogP contribution in [0.2, 0.25) is 0 Å². The summed E-state index contributed by atoms with van der Waals surface area (Å²) in [5, 5.41) is 13.4. The molecule has 1 amide bonds. The number of rotatable bonds is 2. The molecular weight excluding hydrogens is 320 g/mol. The molecule has 1 fully saturated rings. The number of piperidine rings is 1. The standard InChI is InChI=1S/C19H28N2O4/c1-19(2,3)25-18(23)20-13-8-10-21(11-9-13)17-14-6-4-5-7-16(14)24-12-15(17)22/h4-7,13,15,17,22H,8-12H2,1-3H3,(H,20,23)/t15-,17-/m1/s1. The molecule has 2 aliphatic heterocycles. The minimum Gasteiger partial charge on any atom is -0.490 e. The van der Waals surface area contributed by atoms with Crippen LogP contribution in [0.3, 0.4) is 0 Å². The lowest BCUT2D eigenvalue weighted by molar-refractivity contribution is -0.0108. The Kier molecular flexibility index (Phi) is 5.20. The third kappa shape index (κ3) is 4.44. The maximum absolute atomic E-state index is 11.9. The first kappa shape index (κ1) is 18.0. The van der Waals surface area contributed by atoms with Crippen molar-refractivity contribution < 1.29 is 19.4 Å². The third-order valence-electron chi connectivity index (χ3n) is 4.66. The molecule has 25 heavy (non-hydrogen) atoms. The number of hydrogen-bond donors (Lipinski definition) is 2. The molecule has 2 aliphatic rings. The van der Waals surface area contributed by atoms with Crippen molar-refractivity contribution in [3.8, 4) is 5.75 Å². The minimum absolute atomic E-state index is 0.0487. The third-order valence-corrected chi connectivity index (χ3v) is 4.66. The number of fused-ring (bicyclic) bond motifs is 1. The average Bonchev–Trinajstić information content (AvgIpc) is 2.54. The number of ether oxygens (including phenoxy) is 2. The van der Waals surface area contributed by atoms with Gasteiger partial charge in [-0.3, -0.25) is 4.90 Å². The van der Waals surface area contributed by atoms with Gasteiger partial charge in [-0.25, -0.2) is 4.79 Å². The number of benzene rings is 1. The highest BCUT2D eigenvalue weighted by atomic mass is 16.6. The van der Waals surface area contributed by atoms with Crippen LogP contribution in [0.25, 0.3) is 0 Å². The van der Waals surface area contributed by atoms with E-state index in [1.54, 1.807) is 0 Å². The van der Waals surface area contributed by atoms with E-state index >= 15 is 0 Å². The van der Waals surface area contributed by atoms with Gasteiger partial charge in [0.1, 0.15) is 24.1 Å². The van der Waals surface area contributed by atoms with Crippen molar-refractivity contribution in [3.63, 3.8) is 0 Å². The summed E-state index contributed by atoms with van der Waals surface area (Å²) in [6, 6.07) is 7.96. The molecule has 2 heterocycles. The van der Waals surface area contributed by atoms with Gasteiger partial charge in [0, 0.05) is 24.7 Å². The Labute approximate surface area is 149 Å². The number of para-hydroxylation sites is 1. The van der Waals surface area contributed by atoms with Crippen LogP contribution >= 0.6 is 0 Å². The Bertz CT molecular complexity index is 606. The zero-order valence-corrected chi connectivity index (χ0v) is 15.2. The number of alkyl carbamates (subject to hydrolysis) is 1. The van der Waals surface area contributed by atoms with Gasteiger partial charge in [-0.1, -0.05) is 18.2 Å². The SMILES string of the molecule is CC(C)(C)OC(=O)NC1CCN([C@@H]2c3ccccc3OC[C@H]2O)CC1. The molecule has 0 unspecified atom stereocenters. The molecule has 0 aliphatic carbocycles. The van der Waals surface area contributed by atoms with Crippen LogP contribution in [0.5, 0.6) is 5.75 Å². The van der Waals surface area contributed by atoms with E-state index in [2.05, 4.69) is 10.2 Å². The Balaban J connectivity index is 1.58. The fourth-order valence-corrected chi connectivity index (χ4v) is 3.57. The van der Waals surface area contributed by atoms with Crippen LogP contribution in [-0.4, -0.2) is 53.5 Å². The number of nitrogens with one attached hydrogen (secondary N) is 1. The van der Waals surface area contributed by atoms with E-state index < -0.39 is 11.7 Å². The first-order valence-electron chi connectivity index (χ1n) is 8.97. The number of aliphatic hydroxyl groups excluding tert-OH is 1. The summed E-state index contributed by atoms with van der Waals surface area (Å²) in [5.74, 6) is 0.854. The van der Waals surface area contributed by atoms with Gasteiger partial charge in [0.25, 0.3) is 0 Å². The maximum atomic E-state index is 11.9. The normalized spacial score (nSPS) is 25.0. The molecule has 0 aromatic heterocycles. The van der Waals surface area contributed by atoms with Gasteiger partial charge in [-0.2, -0.15) is 0 Å². The lowest BCUT2D eigenvalue weighted by atomic mass is 9.93. The quantitative estimate of drug-likeness (QED) is 0.859. The number of carbonyl (C=O) groups excluding carboxylic acids is 1. The van der Waals surface area contributed by atoms with Gasteiger partial charge in [0.2, 0.25) is 0 Å². The molecule has 6 nitrogen and oxygen atoms in total. The highest BCUT2D eigenvalue weighted by molar-refractivity contribution is 5.68. The highest BCUT2D eigenvalue weighted by Gasteiger charge is 2.36. The molecule has 6 heteroatoms. The monoisotopic (exact) mass is 348 g/mol. The zero-order valence-electron chi connectivity index (χ0n) is 15.2. The fraction of sp³-hybridized carbons (Fsp3) is 0.632. The lowest BCUT2D eigenvalue weighted by Gasteiger charge is -2.42. The van der Waals surface area contributed by atoms with E-state index in [0.717, 1.165) is 37.2 Å². The summed E-state index contributed by atoms with van der Waals surface area (Å²) >= 11 is 0. The van der Waals surface area contributed by atoms with Crippen LogP contribution in [0.15, 0.2) is 24.3 Å². The van der Waals surface area contributed by atoms with E-state index in [0.29, 0.717) is 6.61 Å². The number of carbonyl (C=O) groups is 1. The summed E-state index contributed by atoms with van der Waals surface area (Å²) < 4.78 is 11.0. The molecule has 3 rings (SSSR count). The van der Waals surface area contributed by atoms with Gasteiger partial charge < -0.3 is 19.9 Å². The number of amides is 1. The van der Waals surface area contributed by atoms with E-state index in [1.165, 1.54) is 0 Å². The van der Waals surface area contributed by atoms with Gasteiger partial charge in [-0.05, 0) is 39.7 Å². The molecule has 0 bridgehead atoms. The Morgan fingerprint density at radius 1 is 1.28 bits per heavy atom. The molecule has 2 N–H and O–H groups in total. The van der Waals surface area contributed by atoms with Crippen LogP contribution in [0, 0.1) is 0 Å². The Hall–Kier alpha value is -1.79. The van der Waals surface area contributed by atoms with Gasteiger partial charge >= 0.3 is 6.09 Å². The van der Waals surface area contributed by atoms with Gasteiger partial charge in [0.05, 0.1) is 6.04 Å². The van der Waals surface area contributed by atoms with Crippen molar-refractivity contribution in [2.75, 3.05) is 19.7 Å². The maximum Gasteiger partial charge on any atom is 0.407 e. The molecule has 0 spiro atoms. The molecular formula is C19H28N2O4. The first-order chi connectivity index (χ1) is 11.8. The van der Waals surface area contributed by atoms with Crippen LogP contribution in [-0.2, 0) is 4.74 Å². The van der Waals surface area contributed by atoms with E-state index in [1.807, 2.05) is 45.0 Å². The largest absolute Gasteiger partial charge is 0.490 e. The predicted octanol–water partition coefficient (Wildman–Crippen LogP) is 2.47. The summed E-state index contributed by atoms with van der Waals surface area (Å²) in [6.45, 7) is 7.53. The van der Waals surface area contributed by atoms with E-state index in [9.17, 15) is 9.90 Å². The second-order valence-electron chi connectivity index (χ2n) is 7.82. The summed E-state index contributed by atoms with van der Waals surface area (Å²) in [4.78, 5) is 14.2. The molecule has 0 saturated carbocycles. The van der Waals surface area contributed by atoms with Crippen LogP contribution < -0.4 is 10.1 Å². The predicted molar refractivity (Wildman–Crippen MR) is 94.6 cm³/mol. The number of hydrogen-bond acceptors (Lipinski definition) is 5. The van der Waals surface area contributed by atoms with Crippen molar-refractivity contribution in [1.82, 2.24) is 10.2 Å². The molecule has 0 radical (unpaired) electrons. The van der Waals surface area contributed by atoms with E-state index in [-0.39, 0.29) is 18.2 Å². The second kappa shape index (κ2) is 7.22. The number of nitrogens with zero attached hydrogens (tertiary/aromatic N) is 1. The molecule has 138 valence electrons. The van der Waals surface area contributed by atoms with Crippen molar-refractivity contribution in [2.45, 2.75) is 57.4 Å². The fourth-order valence-electron chi connectivity index (χ4n) is 3.57. The topological polar surface area (TPSA) is 71.0 Å². The van der Waals surface area contributed by atoms with Crippen LogP contribution in [0.4, 0.5) is 4.79 Å². The van der Waals surface area contributed by atoms with Gasteiger partial charge in [0.15, 0.2) is 0 Å². The van der Waals surface area contributed by atoms with E-state index in [4.69, 9.17) is 9.47 Å². The zero-order chi connectivity index (χ0) is 18.0. The number of likely N-dealkylation sites (tertiary alicyclic amines) is 1. The lowest BCUT2D eigenvalue weighted by Crippen LogP contribution is -2.50. The minimum atomic E-state index is -0.537.